The van der Waals surface area contributed by atoms with Crippen LogP contribution in [0.1, 0.15) is 10.4 Å². The number of pyridine rings is 2. The first-order valence-corrected chi connectivity index (χ1v) is 11.7. The number of carbonyl (C=O) groups excluding carboxylic acids is 1. The van der Waals surface area contributed by atoms with Crippen LogP contribution >= 0.6 is 0 Å². The van der Waals surface area contributed by atoms with Crippen molar-refractivity contribution in [2.24, 2.45) is 7.05 Å². The summed E-state index contributed by atoms with van der Waals surface area (Å²) in [5, 5.41) is 6.90. The monoisotopic (exact) mass is 503 g/mol. The topological polar surface area (TPSA) is 114 Å². The van der Waals surface area contributed by atoms with Gasteiger partial charge < -0.3 is 19.9 Å². The molecule has 0 radical (unpaired) electrons. The summed E-state index contributed by atoms with van der Waals surface area (Å²) >= 11 is 0. The van der Waals surface area contributed by atoms with Gasteiger partial charge in [0.25, 0.3) is 5.91 Å². The van der Waals surface area contributed by atoms with Crippen LogP contribution in [0.5, 0.6) is 0 Å². The number of hydrogen-bond donors (Lipinski definition) is 1. The molecular weight excluding hydrogens is 477 g/mol. The number of anilines is 3. The van der Waals surface area contributed by atoms with Gasteiger partial charge in [-0.25, -0.2) is 19.3 Å². The minimum Gasteiger partial charge on any atom is -0.382 e. The lowest BCUT2D eigenvalue weighted by atomic mass is 10.1. The van der Waals surface area contributed by atoms with Crippen molar-refractivity contribution < 1.29 is 13.9 Å². The number of amides is 1. The first kappa shape index (κ1) is 24.3. The summed E-state index contributed by atoms with van der Waals surface area (Å²) in [5.41, 5.74) is 2.01. The van der Waals surface area contributed by atoms with E-state index in [0.29, 0.717) is 49.3 Å². The molecule has 0 unspecified atom stereocenters. The fourth-order valence-corrected chi connectivity index (χ4v) is 4.23. The Morgan fingerprint density at radius 3 is 2.54 bits per heavy atom. The van der Waals surface area contributed by atoms with Crippen molar-refractivity contribution >= 4 is 23.4 Å². The van der Waals surface area contributed by atoms with Gasteiger partial charge in [0.05, 0.1) is 48.7 Å². The Labute approximate surface area is 213 Å². The van der Waals surface area contributed by atoms with Crippen molar-refractivity contribution in [3.8, 4) is 11.3 Å². The molecule has 1 atom stereocenters. The molecule has 1 amide bonds. The second-order valence-corrected chi connectivity index (χ2v) is 8.63. The molecule has 0 aromatic carbocycles. The summed E-state index contributed by atoms with van der Waals surface area (Å²) in [6.07, 6.45) is 9.48. The average molecular weight is 504 g/mol. The Morgan fingerprint density at radius 1 is 1.03 bits per heavy atom. The fraction of sp³-hybridized carbons (Fsp3) is 0.280. The van der Waals surface area contributed by atoms with Gasteiger partial charge in [-0.05, 0) is 24.3 Å². The van der Waals surface area contributed by atoms with Gasteiger partial charge in [0, 0.05) is 51.7 Å². The fourth-order valence-electron chi connectivity index (χ4n) is 4.23. The van der Waals surface area contributed by atoms with Crippen LogP contribution in [-0.2, 0) is 11.8 Å². The van der Waals surface area contributed by atoms with Crippen molar-refractivity contribution in [3.05, 3.63) is 72.8 Å². The van der Waals surface area contributed by atoms with Gasteiger partial charge in [-0.1, -0.05) is 0 Å². The zero-order valence-electron chi connectivity index (χ0n) is 20.5. The molecule has 1 N–H and O–H groups in total. The largest absolute Gasteiger partial charge is 0.382 e. The lowest BCUT2D eigenvalue weighted by Crippen LogP contribution is -2.55. The number of methoxy groups -OCH3 is 1. The van der Waals surface area contributed by atoms with Gasteiger partial charge in [-0.3, -0.25) is 14.5 Å². The summed E-state index contributed by atoms with van der Waals surface area (Å²) in [6.45, 7) is 2.44. The SMILES string of the molecule is COC[C@H]1CN(c2cnc(NC(=O)c3ccc(-c4cnn(C)c4)nc3)cn2)CCN1c1ccc(F)cn1. The third kappa shape index (κ3) is 5.54. The van der Waals surface area contributed by atoms with Crippen molar-refractivity contribution in [1.82, 2.24) is 29.7 Å². The Kier molecular flexibility index (Phi) is 6.99. The smallest absolute Gasteiger partial charge is 0.258 e. The highest BCUT2D eigenvalue weighted by Gasteiger charge is 2.29. The molecule has 5 heterocycles. The van der Waals surface area contributed by atoms with Crippen molar-refractivity contribution in [2.75, 3.05) is 48.5 Å². The molecule has 12 heteroatoms. The third-order valence-electron chi connectivity index (χ3n) is 6.08. The maximum atomic E-state index is 13.3. The van der Waals surface area contributed by atoms with E-state index in [1.807, 2.05) is 13.2 Å². The number of halogens is 1. The van der Waals surface area contributed by atoms with E-state index in [4.69, 9.17) is 4.74 Å². The second kappa shape index (κ2) is 10.7. The normalized spacial score (nSPS) is 15.6. The molecular formula is C25H26FN9O2. The number of nitrogens with one attached hydrogen (secondary N) is 1. The Hall–Kier alpha value is -4.45. The molecule has 1 aliphatic rings. The molecule has 0 bridgehead atoms. The first-order valence-electron chi connectivity index (χ1n) is 11.7. The third-order valence-corrected chi connectivity index (χ3v) is 6.08. The zero-order valence-corrected chi connectivity index (χ0v) is 20.5. The molecule has 5 rings (SSSR count). The second-order valence-electron chi connectivity index (χ2n) is 8.63. The van der Waals surface area contributed by atoms with Gasteiger partial charge >= 0.3 is 0 Å². The number of carbonyl (C=O) groups is 1. The van der Waals surface area contributed by atoms with Gasteiger partial charge in [0.2, 0.25) is 0 Å². The molecule has 1 fully saturated rings. The molecule has 4 aromatic rings. The van der Waals surface area contributed by atoms with Crippen LogP contribution in [0, 0.1) is 5.82 Å². The number of nitrogens with zero attached hydrogens (tertiary/aromatic N) is 8. The molecule has 11 nitrogen and oxygen atoms in total. The lowest BCUT2D eigenvalue weighted by Gasteiger charge is -2.42. The van der Waals surface area contributed by atoms with Crippen LogP contribution in [0.4, 0.5) is 21.8 Å². The zero-order chi connectivity index (χ0) is 25.8. The van der Waals surface area contributed by atoms with Crippen molar-refractivity contribution in [1.29, 1.82) is 0 Å². The number of hydrogen-bond acceptors (Lipinski definition) is 9. The van der Waals surface area contributed by atoms with E-state index in [1.54, 1.807) is 42.4 Å². The summed E-state index contributed by atoms with van der Waals surface area (Å²) in [6, 6.07) is 6.56. The Morgan fingerprint density at radius 2 is 1.89 bits per heavy atom. The standard InChI is InChI=1S/C25H26FN9O2/c1-33-14-18(10-31-33)21-5-3-17(9-27-21)25(36)32-22-12-30-24(13-28-22)34-7-8-35(20(15-34)16-37-2)23-6-4-19(26)11-29-23/h3-6,9-14,20H,7-8,15-16H2,1-2H3,(H,28,32,36)/t20-/m1/s1. The predicted octanol–water partition coefficient (Wildman–Crippen LogP) is 2.40. The first-order chi connectivity index (χ1) is 18.0. The van der Waals surface area contributed by atoms with E-state index >= 15 is 0 Å². The van der Waals surface area contributed by atoms with E-state index < -0.39 is 0 Å². The summed E-state index contributed by atoms with van der Waals surface area (Å²) in [5.74, 6) is 1.04. The predicted molar refractivity (Wildman–Crippen MR) is 136 cm³/mol. The highest BCUT2D eigenvalue weighted by Crippen LogP contribution is 2.22. The Balaban J connectivity index is 1.21. The van der Waals surface area contributed by atoms with Gasteiger partial charge in [0.15, 0.2) is 5.82 Å². The summed E-state index contributed by atoms with van der Waals surface area (Å²) in [4.78, 5) is 34.3. The molecule has 190 valence electrons. The maximum Gasteiger partial charge on any atom is 0.258 e. The molecule has 1 saturated heterocycles. The molecule has 4 aromatic heterocycles. The van der Waals surface area contributed by atoms with E-state index in [0.717, 1.165) is 11.3 Å². The molecule has 0 spiro atoms. The molecule has 0 aliphatic carbocycles. The van der Waals surface area contributed by atoms with E-state index in [1.165, 1.54) is 24.7 Å². The minimum absolute atomic E-state index is 0.0000273. The molecule has 37 heavy (non-hydrogen) atoms. The minimum atomic E-state index is -0.369. The number of rotatable bonds is 7. The van der Waals surface area contributed by atoms with Crippen LogP contribution in [-0.4, -0.2) is 75.0 Å². The van der Waals surface area contributed by atoms with Crippen molar-refractivity contribution in [2.45, 2.75) is 6.04 Å². The van der Waals surface area contributed by atoms with E-state index in [9.17, 15) is 9.18 Å². The Bertz CT molecular complexity index is 1340. The van der Waals surface area contributed by atoms with Gasteiger partial charge in [-0.2, -0.15) is 5.10 Å². The van der Waals surface area contributed by atoms with E-state index in [-0.39, 0.29) is 17.8 Å². The van der Waals surface area contributed by atoms with Crippen LogP contribution in [0.3, 0.4) is 0 Å². The number of piperazine rings is 1. The van der Waals surface area contributed by atoms with Gasteiger partial charge in [0.1, 0.15) is 17.5 Å². The van der Waals surface area contributed by atoms with Crippen LogP contribution < -0.4 is 15.1 Å². The highest BCUT2D eigenvalue weighted by atomic mass is 19.1. The number of aromatic nitrogens is 6. The highest BCUT2D eigenvalue weighted by molar-refractivity contribution is 6.03. The summed E-state index contributed by atoms with van der Waals surface area (Å²) < 4.78 is 20.4. The van der Waals surface area contributed by atoms with E-state index in [2.05, 4.69) is 40.2 Å². The van der Waals surface area contributed by atoms with Gasteiger partial charge in [-0.15, -0.1) is 0 Å². The molecule has 0 saturated carbocycles. The number of aryl methyl sites for hydroxylation is 1. The maximum absolute atomic E-state index is 13.3. The summed E-state index contributed by atoms with van der Waals surface area (Å²) in [7, 11) is 3.48. The van der Waals surface area contributed by atoms with Crippen LogP contribution in [0.15, 0.2) is 61.4 Å². The van der Waals surface area contributed by atoms with Crippen molar-refractivity contribution in [3.63, 3.8) is 0 Å². The average Bonchev–Trinajstić information content (AvgIpc) is 3.36. The van der Waals surface area contributed by atoms with Crippen LogP contribution in [0.2, 0.25) is 0 Å². The number of ether oxygens (including phenoxy) is 1. The molecule has 1 aliphatic heterocycles. The quantitative estimate of drug-likeness (QED) is 0.406. The lowest BCUT2D eigenvalue weighted by molar-refractivity contribution is 0.102. The van der Waals surface area contributed by atoms with Crippen LogP contribution in [0.25, 0.3) is 11.3 Å².